The summed E-state index contributed by atoms with van der Waals surface area (Å²) in [6.45, 7) is 1.01. The van der Waals surface area contributed by atoms with Gasteiger partial charge in [-0.2, -0.15) is 5.10 Å². The van der Waals surface area contributed by atoms with Gasteiger partial charge in [-0.05, 0) is 18.4 Å². The smallest absolute Gasteiger partial charge is 0.301 e. The number of amides is 1. The van der Waals surface area contributed by atoms with Gasteiger partial charge in [0.2, 0.25) is 0 Å². The van der Waals surface area contributed by atoms with Gasteiger partial charge in [0, 0.05) is 30.6 Å². The molecule has 94 valence electrons. The second-order valence-corrected chi connectivity index (χ2v) is 5.42. The van der Waals surface area contributed by atoms with Crippen LogP contribution in [0.1, 0.15) is 17.5 Å². The van der Waals surface area contributed by atoms with Crippen LogP contribution in [0.3, 0.4) is 0 Å². The molecule has 0 aliphatic carbocycles. The van der Waals surface area contributed by atoms with Crippen LogP contribution in [0.15, 0.2) is 23.3 Å². The predicted molar refractivity (Wildman–Crippen MR) is 75.4 cm³/mol. The maximum Gasteiger partial charge on any atom is 0.301 e. The molecule has 4 nitrogen and oxygen atoms in total. The molecule has 0 spiro atoms. The van der Waals surface area contributed by atoms with E-state index in [1.807, 2.05) is 0 Å². The molecule has 0 radical (unpaired) electrons. The Morgan fingerprint density at radius 1 is 1.44 bits per heavy atom. The zero-order chi connectivity index (χ0) is 12.5. The van der Waals surface area contributed by atoms with E-state index in [0.29, 0.717) is 5.75 Å². The van der Waals surface area contributed by atoms with E-state index in [1.165, 1.54) is 34.4 Å². The molecule has 0 saturated heterocycles. The third-order valence-electron chi connectivity index (χ3n) is 3.25. The lowest BCUT2D eigenvalue weighted by atomic mass is 9.97. The lowest BCUT2D eigenvalue weighted by Gasteiger charge is -2.24. The first-order valence-electron chi connectivity index (χ1n) is 6.10. The van der Waals surface area contributed by atoms with E-state index in [1.54, 1.807) is 7.05 Å². The maximum atomic E-state index is 11.4. The fourth-order valence-corrected chi connectivity index (χ4v) is 3.06. The highest BCUT2D eigenvalue weighted by Crippen LogP contribution is 2.29. The second kappa shape index (κ2) is 4.65. The molecule has 2 aliphatic heterocycles. The standard InChI is InChI=1S/C13H15N3OS/c1-16-13(17)18-8-11(15-16)10-6-2-4-9-5-3-7-14-12(9)10/h2,4,6,14H,3,5,7-8H2,1H3. The number of nitrogens with one attached hydrogen (secondary N) is 1. The molecule has 2 aliphatic rings. The molecule has 0 aromatic heterocycles. The number of nitrogens with zero attached hydrogens (tertiary/aromatic N) is 2. The predicted octanol–water partition coefficient (Wildman–Crippen LogP) is 2.55. The van der Waals surface area contributed by atoms with Crippen molar-refractivity contribution in [3.8, 4) is 0 Å². The number of hydrogen-bond acceptors (Lipinski definition) is 4. The molecule has 1 N–H and O–H groups in total. The van der Waals surface area contributed by atoms with Crippen molar-refractivity contribution in [2.45, 2.75) is 12.8 Å². The van der Waals surface area contributed by atoms with Crippen LogP contribution in [0.5, 0.6) is 0 Å². The van der Waals surface area contributed by atoms with Crippen LogP contribution in [-0.2, 0) is 6.42 Å². The Morgan fingerprint density at radius 3 is 3.17 bits per heavy atom. The van der Waals surface area contributed by atoms with Crippen LogP contribution in [0.4, 0.5) is 10.5 Å². The van der Waals surface area contributed by atoms with Gasteiger partial charge in [-0.15, -0.1) is 0 Å². The highest BCUT2D eigenvalue weighted by Gasteiger charge is 2.22. The normalized spacial score (nSPS) is 19.1. The molecule has 1 aromatic carbocycles. The minimum absolute atomic E-state index is 0.0107. The van der Waals surface area contributed by atoms with Gasteiger partial charge in [0.05, 0.1) is 5.71 Å². The number of anilines is 1. The molecule has 0 fully saturated rings. The maximum absolute atomic E-state index is 11.4. The molecule has 3 rings (SSSR count). The number of carbonyl (C=O) groups excluding carboxylic acids is 1. The Balaban J connectivity index is 2.02. The zero-order valence-corrected chi connectivity index (χ0v) is 11.1. The van der Waals surface area contributed by atoms with Gasteiger partial charge in [0.15, 0.2) is 0 Å². The molecule has 0 unspecified atom stereocenters. The lowest BCUT2D eigenvalue weighted by molar-refractivity contribution is 0.235. The molecule has 18 heavy (non-hydrogen) atoms. The van der Waals surface area contributed by atoms with E-state index in [2.05, 4.69) is 28.6 Å². The number of rotatable bonds is 1. The van der Waals surface area contributed by atoms with E-state index >= 15 is 0 Å². The first kappa shape index (κ1) is 11.6. The first-order valence-corrected chi connectivity index (χ1v) is 7.08. The van der Waals surface area contributed by atoms with Crippen LogP contribution >= 0.6 is 11.8 Å². The van der Waals surface area contributed by atoms with Gasteiger partial charge in [0.25, 0.3) is 0 Å². The second-order valence-electron chi connectivity index (χ2n) is 4.49. The molecule has 0 bridgehead atoms. The number of carbonyl (C=O) groups is 1. The Hall–Kier alpha value is -1.49. The number of thioether (sulfide) groups is 1. The number of aryl methyl sites for hydroxylation is 1. The van der Waals surface area contributed by atoms with Gasteiger partial charge >= 0.3 is 5.24 Å². The van der Waals surface area contributed by atoms with E-state index in [-0.39, 0.29) is 5.24 Å². The van der Waals surface area contributed by atoms with E-state index in [9.17, 15) is 4.79 Å². The summed E-state index contributed by atoms with van der Waals surface area (Å²) in [5.41, 5.74) is 4.67. The molecule has 5 heteroatoms. The number of fused-ring (bicyclic) bond motifs is 1. The summed E-state index contributed by atoms with van der Waals surface area (Å²) in [4.78, 5) is 11.4. The number of para-hydroxylation sites is 1. The Morgan fingerprint density at radius 2 is 2.33 bits per heavy atom. The van der Waals surface area contributed by atoms with E-state index in [0.717, 1.165) is 24.2 Å². The lowest BCUT2D eigenvalue weighted by Crippen LogP contribution is -2.27. The van der Waals surface area contributed by atoms with Crippen LogP contribution in [-0.4, -0.2) is 35.3 Å². The van der Waals surface area contributed by atoms with Gasteiger partial charge in [-0.1, -0.05) is 30.0 Å². The average Bonchev–Trinajstić information content (AvgIpc) is 2.41. The quantitative estimate of drug-likeness (QED) is 0.845. The molecule has 0 atom stereocenters. The largest absolute Gasteiger partial charge is 0.384 e. The summed E-state index contributed by atoms with van der Waals surface area (Å²) in [5, 5.41) is 9.28. The van der Waals surface area contributed by atoms with Crippen LogP contribution in [0.25, 0.3) is 0 Å². The van der Waals surface area contributed by atoms with Crippen molar-refractivity contribution < 1.29 is 4.79 Å². The highest BCUT2D eigenvalue weighted by atomic mass is 32.2. The van der Waals surface area contributed by atoms with Gasteiger partial charge in [0.1, 0.15) is 0 Å². The first-order chi connectivity index (χ1) is 8.75. The minimum atomic E-state index is 0.0107. The van der Waals surface area contributed by atoms with Gasteiger partial charge in [-0.3, -0.25) is 4.79 Å². The van der Waals surface area contributed by atoms with E-state index in [4.69, 9.17) is 0 Å². The molecular formula is C13H15N3OS. The summed E-state index contributed by atoms with van der Waals surface area (Å²) < 4.78 is 0. The van der Waals surface area contributed by atoms with Crippen LogP contribution < -0.4 is 5.32 Å². The van der Waals surface area contributed by atoms with Crippen molar-refractivity contribution in [3.05, 3.63) is 29.3 Å². The molecular weight excluding hydrogens is 246 g/mol. The summed E-state index contributed by atoms with van der Waals surface area (Å²) in [5.74, 6) is 0.654. The van der Waals surface area contributed by atoms with Crippen molar-refractivity contribution in [2.75, 3.05) is 24.7 Å². The molecule has 2 heterocycles. The van der Waals surface area contributed by atoms with Gasteiger partial charge in [-0.25, -0.2) is 5.01 Å². The van der Waals surface area contributed by atoms with Crippen molar-refractivity contribution in [3.63, 3.8) is 0 Å². The number of benzene rings is 1. The summed E-state index contributed by atoms with van der Waals surface area (Å²) in [6.07, 6.45) is 2.29. The Labute approximate surface area is 110 Å². The van der Waals surface area contributed by atoms with E-state index < -0.39 is 0 Å². The van der Waals surface area contributed by atoms with Crippen molar-refractivity contribution in [2.24, 2.45) is 5.10 Å². The fraction of sp³-hybridized carbons (Fsp3) is 0.385. The van der Waals surface area contributed by atoms with Crippen molar-refractivity contribution in [1.29, 1.82) is 0 Å². The van der Waals surface area contributed by atoms with Gasteiger partial charge < -0.3 is 5.32 Å². The van der Waals surface area contributed by atoms with Crippen LogP contribution in [0.2, 0.25) is 0 Å². The summed E-state index contributed by atoms with van der Waals surface area (Å²) >= 11 is 1.31. The van der Waals surface area contributed by atoms with Crippen molar-refractivity contribution >= 4 is 28.4 Å². The fourth-order valence-electron chi connectivity index (χ4n) is 2.36. The molecule has 1 amide bonds. The third kappa shape index (κ3) is 1.99. The Kier molecular flexibility index (Phi) is 2.99. The molecule has 1 aromatic rings. The van der Waals surface area contributed by atoms with Crippen molar-refractivity contribution in [1.82, 2.24) is 5.01 Å². The number of hydrogen-bond donors (Lipinski definition) is 1. The zero-order valence-electron chi connectivity index (χ0n) is 10.3. The number of hydrazone groups is 1. The minimum Gasteiger partial charge on any atom is -0.384 e. The topological polar surface area (TPSA) is 44.7 Å². The SMILES string of the molecule is CN1N=C(c2cccc3c2NCCC3)CSC1=O. The third-order valence-corrected chi connectivity index (χ3v) is 4.18. The average molecular weight is 261 g/mol. The van der Waals surface area contributed by atoms with Crippen LogP contribution in [0, 0.1) is 0 Å². The summed E-state index contributed by atoms with van der Waals surface area (Å²) in [6, 6.07) is 6.32. The monoisotopic (exact) mass is 261 g/mol. The highest BCUT2D eigenvalue weighted by molar-refractivity contribution is 8.14. The molecule has 0 saturated carbocycles. The Bertz CT molecular complexity index is 527. The summed E-state index contributed by atoms with van der Waals surface area (Å²) in [7, 11) is 1.71.